The summed E-state index contributed by atoms with van der Waals surface area (Å²) in [7, 11) is 0. The van der Waals surface area contributed by atoms with Crippen molar-refractivity contribution in [2.75, 3.05) is 22.9 Å². The minimum absolute atomic E-state index is 0.0215. The molecule has 3 aromatic heterocycles. The summed E-state index contributed by atoms with van der Waals surface area (Å²) >= 11 is 0. The van der Waals surface area contributed by atoms with E-state index >= 15 is 0 Å². The Morgan fingerprint density at radius 1 is 0.462 bits per heavy atom. The number of nitriles is 2. The third-order valence-electron chi connectivity index (χ3n) is 3.68. The summed E-state index contributed by atoms with van der Waals surface area (Å²) in [6.07, 6.45) is 0. The van der Waals surface area contributed by atoms with Crippen molar-refractivity contribution < 1.29 is 0 Å². The highest BCUT2D eigenvalue weighted by molar-refractivity contribution is 6.19. The minimum Gasteiger partial charge on any atom is -0.381 e. The molecule has 124 valence electrons. The average Bonchev–Trinajstić information content (AvgIpc) is 2.62. The predicted octanol–water partition coefficient (Wildman–Crippen LogP) is -0.412. The second-order valence-corrected chi connectivity index (χ2v) is 5.22. The minimum atomic E-state index is -0.103. The first kappa shape index (κ1) is 15.0. The van der Waals surface area contributed by atoms with E-state index in [0.717, 1.165) is 0 Å². The summed E-state index contributed by atoms with van der Waals surface area (Å²) in [6, 6.07) is 3.69. The van der Waals surface area contributed by atoms with Crippen molar-refractivity contribution in [2.24, 2.45) is 0 Å². The first-order chi connectivity index (χ1) is 12.4. The van der Waals surface area contributed by atoms with E-state index in [2.05, 4.69) is 29.9 Å². The Bertz CT molecular complexity index is 1290. The molecule has 0 saturated heterocycles. The number of hydrogen-bond donors (Lipinski definition) is 4. The highest BCUT2D eigenvalue weighted by Crippen LogP contribution is 2.32. The summed E-state index contributed by atoms with van der Waals surface area (Å²) in [5.41, 5.74) is 24.0. The second-order valence-electron chi connectivity index (χ2n) is 5.22. The number of hydrogen-bond acceptors (Lipinski definition) is 12. The summed E-state index contributed by atoms with van der Waals surface area (Å²) in [4.78, 5) is 25.1. The number of fused-ring (bicyclic) bond motifs is 6. The molecule has 0 aliphatic carbocycles. The SMILES string of the molecule is N#Cc1nc2c3nc(N)c(N)nc3c3nc(N)c(C#N)nc3c2nc1N. The van der Waals surface area contributed by atoms with Crippen LogP contribution < -0.4 is 22.9 Å². The molecule has 0 saturated carbocycles. The van der Waals surface area contributed by atoms with Gasteiger partial charge in [0.1, 0.15) is 45.2 Å². The molecule has 0 amide bonds. The molecule has 0 aliphatic rings. The van der Waals surface area contributed by atoms with Gasteiger partial charge in [0.2, 0.25) is 0 Å². The maximum atomic E-state index is 9.18. The van der Waals surface area contributed by atoms with E-state index in [9.17, 15) is 10.5 Å². The molecule has 12 heteroatoms. The normalized spacial score (nSPS) is 10.8. The van der Waals surface area contributed by atoms with E-state index in [1.807, 2.05) is 12.1 Å². The first-order valence-electron chi connectivity index (χ1n) is 7.04. The number of rotatable bonds is 0. The van der Waals surface area contributed by atoms with Crippen LogP contribution >= 0.6 is 0 Å². The monoisotopic (exact) mass is 344 g/mol. The van der Waals surface area contributed by atoms with Gasteiger partial charge in [-0.1, -0.05) is 0 Å². The topological polar surface area (TPSA) is 229 Å². The number of nitrogen functional groups attached to an aromatic ring is 4. The Labute approximate surface area is 144 Å². The third kappa shape index (κ3) is 1.87. The average molecular weight is 344 g/mol. The van der Waals surface area contributed by atoms with Crippen LogP contribution in [0.3, 0.4) is 0 Å². The van der Waals surface area contributed by atoms with Crippen LogP contribution in [0, 0.1) is 22.7 Å². The maximum absolute atomic E-state index is 9.18. The highest BCUT2D eigenvalue weighted by atomic mass is 15.0. The molecule has 12 nitrogen and oxygen atoms in total. The van der Waals surface area contributed by atoms with Crippen LogP contribution in [0.5, 0.6) is 0 Å². The molecule has 0 spiro atoms. The van der Waals surface area contributed by atoms with Crippen LogP contribution in [0.25, 0.3) is 33.1 Å². The number of nitrogens with two attached hydrogens (primary N) is 4. The lowest BCUT2D eigenvalue weighted by atomic mass is 10.1. The number of benzene rings is 1. The van der Waals surface area contributed by atoms with Crippen molar-refractivity contribution in [3.63, 3.8) is 0 Å². The molecule has 0 radical (unpaired) electrons. The first-order valence-corrected chi connectivity index (χ1v) is 7.04. The van der Waals surface area contributed by atoms with Gasteiger partial charge in [0, 0.05) is 0 Å². The van der Waals surface area contributed by atoms with E-state index in [1.165, 1.54) is 0 Å². The van der Waals surface area contributed by atoms with Crippen LogP contribution in [-0.2, 0) is 0 Å². The van der Waals surface area contributed by atoms with Gasteiger partial charge >= 0.3 is 0 Å². The number of aromatic nitrogens is 6. The molecule has 1 aromatic carbocycles. The van der Waals surface area contributed by atoms with Crippen molar-refractivity contribution in [3.8, 4) is 12.1 Å². The van der Waals surface area contributed by atoms with E-state index in [1.54, 1.807) is 0 Å². The Morgan fingerprint density at radius 2 is 0.731 bits per heavy atom. The van der Waals surface area contributed by atoms with Gasteiger partial charge in [-0.25, -0.2) is 29.9 Å². The van der Waals surface area contributed by atoms with E-state index < -0.39 is 0 Å². The molecule has 0 bridgehead atoms. The number of anilines is 4. The molecular formula is C14H8N12. The largest absolute Gasteiger partial charge is 0.381 e. The Balaban J connectivity index is 2.39. The van der Waals surface area contributed by atoms with Crippen LogP contribution in [0.15, 0.2) is 0 Å². The van der Waals surface area contributed by atoms with Gasteiger partial charge < -0.3 is 22.9 Å². The molecule has 0 aliphatic heterocycles. The predicted molar refractivity (Wildman–Crippen MR) is 92.8 cm³/mol. The van der Waals surface area contributed by atoms with Crippen molar-refractivity contribution in [3.05, 3.63) is 11.4 Å². The zero-order valence-electron chi connectivity index (χ0n) is 12.9. The van der Waals surface area contributed by atoms with Gasteiger partial charge in [-0.15, -0.1) is 0 Å². The zero-order chi connectivity index (χ0) is 18.6. The van der Waals surface area contributed by atoms with Crippen LogP contribution in [0.4, 0.5) is 23.3 Å². The van der Waals surface area contributed by atoms with Crippen molar-refractivity contribution >= 4 is 56.4 Å². The molecule has 8 N–H and O–H groups in total. The summed E-state index contributed by atoms with van der Waals surface area (Å²) < 4.78 is 0. The summed E-state index contributed by atoms with van der Waals surface area (Å²) in [5.74, 6) is -0.238. The van der Waals surface area contributed by atoms with Gasteiger partial charge in [-0.3, -0.25) is 0 Å². The molecule has 4 rings (SSSR count). The van der Waals surface area contributed by atoms with E-state index in [0.29, 0.717) is 0 Å². The highest BCUT2D eigenvalue weighted by Gasteiger charge is 2.20. The van der Waals surface area contributed by atoms with Crippen molar-refractivity contribution in [1.29, 1.82) is 10.5 Å². The number of nitrogens with zero attached hydrogens (tertiary/aromatic N) is 8. The van der Waals surface area contributed by atoms with Crippen LogP contribution in [0.1, 0.15) is 11.4 Å². The zero-order valence-corrected chi connectivity index (χ0v) is 12.9. The lowest BCUT2D eigenvalue weighted by molar-refractivity contribution is 1.21. The van der Waals surface area contributed by atoms with E-state index in [-0.39, 0.29) is 67.8 Å². The smallest absolute Gasteiger partial charge is 0.183 e. The van der Waals surface area contributed by atoms with Gasteiger partial charge in [0.05, 0.1) is 0 Å². The fraction of sp³-hybridized carbons (Fsp3) is 0. The van der Waals surface area contributed by atoms with Gasteiger partial charge in [0.25, 0.3) is 0 Å². The van der Waals surface area contributed by atoms with Gasteiger partial charge in [-0.05, 0) is 0 Å². The summed E-state index contributed by atoms with van der Waals surface area (Å²) in [5, 5.41) is 18.4. The van der Waals surface area contributed by atoms with Gasteiger partial charge in [0.15, 0.2) is 34.7 Å². The molecule has 26 heavy (non-hydrogen) atoms. The quantitative estimate of drug-likeness (QED) is 0.298. The van der Waals surface area contributed by atoms with E-state index in [4.69, 9.17) is 22.9 Å². The molecule has 0 fully saturated rings. The Morgan fingerprint density at radius 3 is 1.04 bits per heavy atom. The molecular weight excluding hydrogens is 336 g/mol. The Hall–Kier alpha value is -4.58. The lowest BCUT2D eigenvalue weighted by Crippen LogP contribution is -2.07. The molecule has 3 heterocycles. The maximum Gasteiger partial charge on any atom is 0.183 e. The molecule has 4 aromatic rings. The van der Waals surface area contributed by atoms with Crippen molar-refractivity contribution in [1.82, 2.24) is 29.9 Å². The fourth-order valence-electron chi connectivity index (χ4n) is 2.51. The lowest BCUT2D eigenvalue weighted by Gasteiger charge is -2.10. The summed E-state index contributed by atoms with van der Waals surface area (Å²) in [6.45, 7) is 0. The standard InChI is InChI=1S/C14H8N12/c15-1-3-11(17)23-7-5-8(24-12(18)4(2-16)21-5)10-9(6(7)22-3)25-13(19)14(20)26-10/h(H2,17,23)(H2,18,24)(H2,19,25)(H2,20,26). The molecule has 0 atom stereocenters. The Kier molecular flexibility index (Phi) is 2.85. The van der Waals surface area contributed by atoms with Crippen LogP contribution in [-0.4, -0.2) is 29.9 Å². The van der Waals surface area contributed by atoms with Crippen molar-refractivity contribution in [2.45, 2.75) is 0 Å². The molecule has 0 unspecified atom stereocenters. The van der Waals surface area contributed by atoms with Gasteiger partial charge in [-0.2, -0.15) is 10.5 Å². The third-order valence-corrected chi connectivity index (χ3v) is 3.68. The fourth-order valence-corrected chi connectivity index (χ4v) is 2.51. The van der Waals surface area contributed by atoms with Crippen LogP contribution in [0.2, 0.25) is 0 Å². The second kappa shape index (κ2) is 4.96.